The molecule has 0 aliphatic heterocycles. The van der Waals surface area contributed by atoms with Crippen molar-refractivity contribution in [1.29, 1.82) is 0 Å². The minimum Gasteiger partial charge on any atom is -0.0654 e. The van der Waals surface area contributed by atoms with E-state index in [-0.39, 0.29) is 0 Å². The van der Waals surface area contributed by atoms with Gasteiger partial charge in [-0.25, -0.2) is 0 Å². The first-order valence-electron chi connectivity index (χ1n) is 7.20. The molecule has 0 saturated heterocycles. The fourth-order valence-electron chi connectivity index (χ4n) is 2.33. The van der Waals surface area contributed by atoms with Crippen LogP contribution in [0.15, 0.2) is 42.5 Å². The maximum Gasteiger partial charge on any atom is 0.0201 e. The van der Waals surface area contributed by atoms with E-state index in [1.807, 2.05) is 0 Å². The van der Waals surface area contributed by atoms with Crippen molar-refractivity contribution < 1.29 is 0 Å². The van der Waals surface area contributed by atoms with Gasteiger partial charge in [-0.2, -0.15) is 0 Å². The average Bonchev–Trinajstić information content (AvgIpc) is 2.41. The molecule has 0 aliphatic carbocycles. The fourth-order valence-corrected chi connectivity index (χ4v) is 2.33. The predicted molar refractivity (Wildman–Crippen MR) is 83.5 cm³/mol. The molecular formula is C19H23. The highest BCUT2D eigenvalue weighted by molar-refractivity contribution is 5.43. The lowest BCUT2D eigenvalue weighted by atomic mass is 9.97. The van der Waals surface area contributed by atoms with Gasteiger partial charge in [-0.05, 0) is 48.9 Å². The summed E-state index contributed by atoms with van der Waals surface area (Å²) < 4.78 is 0. The summed E-state index contributed by atoms with van der Waals surface area (Å²) in [6, 6.07) is 15.6. The summed E-state index contributed by atoms with van der Waals surface area (Å²) in [7, 11) is 0. The Morgan fingerprint density at radius 3 is 2.32 bits per heavy atom. The van der Waals surface area contributed by atoms with Gasteiger partial charge in [0.15, 0.2) is 0 Å². The highest BCUT2D eigenvalue weighted by Gasteiger charge is 2.01. The van der Waals surface area contributed by atoms with Gasteiger partial charge in [-0.1, -0.05) is 61.4 Å². The summed E-state index contributed by atoms with van der Waals surface area (Å²) in [5.41, 5.74) is 6.71. The Bertz CT molecular complexity index is 520. The van der Waals surface area contributed by atoms with Crippen LogP contribution < -0.4 is 0 Å². The number of aryl methyl sites for hydroxylation is 3. The highest BCUT2D eigenvalue weighted by atomic mass is 14.1. The van der Waals surface area contributed by atoms with Crippen molar-refractivity contribution in [1.82, 2.24) is 0 Å². The third-order valence-electron chi connectivity index (χ3n) is 3.55. The van der Waals surface area contributed by atoms with Crippen molar-refractivity contribution in [2.45, 2.75) is 40.0 Å². The Morgan fingerprint density at radius 2 is 1.68 bits per heavy atom. The standard InChI is InChI=1S/C19H23/c1-4-5-6-17-8-10-18(11-9-17)14-19-12-7-15(2)13-16(19)3/h7-14H,4-6H2,1-3H3. The quantitative estimate of drug-likeness (QED) is 0.681. The molecule has 0 bridgehead atoms. The van der Waals surface area contributed by atoms with E-state index in [9.17, 15) is 0 Å². The molecule has 0 saturated carbocycles. The van der Waals surface area contributed by atoms with Crippen molar-refractivity contribution in [3.63, 3.8) is 0 Å². The first kappa shape index (κ1) is 13.9. The Balaban J connectivity index is 2.06. The molecule has 2 aromatic rings. The first-order valence-corrected chi connectivity index (χ1v) is 7.20. The Labute approximate surface area is 117 Å². The zero-order chi connectivity index (χ0) is 13.7. The van der Waals surface area contributed by atoms with E-state index in [1.165, 1.54) is 47.1 Å². The molecule has 1 radical (unpaired) electrons. The minimum atomic E-state index is 1.19. The van der Waals surface area contributed by atoms with Crippen molar-refractivity contribution in [2.75, 3.05) is 0 Å². The average molecular weight is 251 g/mol. The molecule has 0 heteroatoms. The maximum atomic E-state index is 2.26. The van der Waals surface area contributed by atoms with Crippen molar-refractivity contribution >= 4 is 0 Å². The topological polar surface area (TPSA) is 0 Å². The molecule has 0 aliphatic rings. The normalized spacial score (nSPS) is 10.7. The van der Waals surface area contributed by atoms with Gasteiger partial charge in [0.25, 0.3) is 0 Å². The van der Waals surface area contributed by atoms with Gasteiger partial charge in [0, 0.05) is 6.42 Å². The maximum absolute atomic E-state index is 2.26. The number of rotatable bonds is 5. The summed E-state index contributed by atoms with van der Waals surface area (Å²) in [5.74, 6) is 0. The monoisotopic (exact) mass is 251 g/mol. The van der Waals surface area contributed by atoms with Gasteiger partial charge >= 0.3 is 0 Å². The summed E-state index contributed by atoms with van der Waals surface area (Å²) in [6.45, 7) is 6.55. The third kappa shape index (κ3) is 3.96. The minimum absolute atomic E-state index is 1.19. The van der Waals surface area contributed by atoms with E-state index in [2.05, 4.69) is 69.7 Å². The van der Waals surface area contributed by atoms with E-state index >= 15 is 0 Å². The van der Waals surface area contributed by atoms with E-state index in [1.54, 1.807) is 0 Å². The van der Waals surface area contributed by atoms with Crippen LogP contribution in [0, 0.1) is 20.3 Å². The molecule has 0 unspecified atom stereocenters. The fraction of sp³-hybridized carbons (Fsp3) is 0.316. The molecule has 0 heterocycles. The zero-order valence-corrected chi connectivity index (χ0v) is 12.2. The molecule has 19 heavy (non-hydrogen) atoms. The van der Waals surface area contributed by atoms with Crippen LogP contribution in [0.2, 0.25) is 0 Å². The van der Waals surface area contributed by atoms with Crippen LogP contribution in [0.1, 0.15) is 47.6 Å². The van der Waals surface area contributed by atoms with Crippen molar-refractivity contribution in [3.05, 3.63) is 76.7 Å². The van der Waals surface area contributed by atoms with Crippen LogP contribution in [0.5, 0.6) is 0 Å². The van der Waals surface area contributed by atoms with Gasteiger partial charge in [0.2, 0.25) is 0 Å². The number of hydrogen-bond donors (Lipinski definition) is 0. The lowest BCUT2D eigenvalue weighted by Crippen LogP contribution is -1.91. The second-order valence-electron chi connectivity index (χ2n) is 5.35. The molecule has 0 N–H and O–H groups in total. The van der Waals surface area contributed by atoms with E-state index < -0.39 is 0 Å². The van der Waals surface area contributed by atoms with E-state index in [0.717, 1.165) is 0 Å². The van der Waals surface area contributed by atoms with Gasteiger partial charge in [-0.3, -0.25) is 0 Å². The Morgan fingerprint density at radius 1 is 0.947 bits per heavy atom. The molecule has 2 aromatic carbocycles. The Kier molecular flexibility index (Phi) is 4.79. The first-order chi connectivity index (χ1) is 9.19. The van der Waals surface area contributed by atoms with Crippen LogP contribution in [0.4, 0.5) is 0 Å². The molecule has 0 fully saturated rings. The largest absolute Gasteiger partial charge is 0.0654 e. The third-order valence-corrected chi connectivity index (χ3v) is 3.55. The second-order valence-corrected chi connectivity index (χ2v) is 5.35. The van der Waals surface area contributed by atoms with E-state index in [4.69, 9.17) is 0 Å². The highest BCUT2D eigenvalue weighted by Crippen LogP contribution is 2.18. The van der Waals surface area contributed by atoms with Crippen LogP contribution in [0.3, 0.4) is 0 Å². The number of hydrogen-bond acceptors (Lipinski definition) is 0. The summed E-state index contributed by atoms with van der Waals surface area (Å²) in [6.07, 6.45) is 6.00. The molecule has 0 nitrogen and oxygen atoms in total. The molecule has 99 valence electrons. The van der Waals surface area contributed by atoms with Gasteiger partial charge in [-0.15, -0.1) is 0 Å². The van der Waals surface area contributed by atoms with Crippen molar-refractivity contribution in [2.24, 2.45) is 0 Å². The summed E-state index contributed by atoms with van der Waals surface area (Å²) in [5, 5.41) is 0. The molecule has 2 rings (SSSR count). The van der Waals surface area contributed by atoms with Crippen LogP contribution in [-0.2, 0) is 6.42 Å². The zero-order valence-electron chi connectivity index (χ0n) is 12.2. The molecular weight excluding hydrogens is 228 g/mol. The molecule has 0 atom stereocenters. The lowest BCUT2D eigenvalue weighted by molar-refractivity contribution is 0.795. The molecule has 0 aromatic heterocycles. The van der Waals surface area contributed by atoms with Crippen molar-refractivity contribution in [3.8, 4) is 0 Å². The van der Waals surface area contributed by atoms with Gasteiger partial charge in [0.1, 0.15) is 0 Å². The molecule has 0 spiro atoms. The predicted octanol–water partition coefficient (Wildman–Crippen LogP) is 5.25. The summed E-state index contributed by atoms with van der Waals surface area (Å²) >= 11 is 0. The molecule has 0 amide bonds. The second kappa shape index (κ2) is 6.56. The van der Waals surface area contributed by atoms with Gasteiger partial charge in [0.05, 0.1) is 0 Å². The Hall–Kier alpha value is -1.56. The van der Waals surface area contributed by atoms with E-state index in [0.29, 0.717) is 0 Å². The number of unbranched alkanes of at least 4 members (excludes halogenated alkanes) is 1. The van der Waals surface area contributed by atoms with Crippen LogP contribution in [0.25, 0.3) is 0 Å². The lowest BCUT2D eigenvalue weighted by Gasteiger charge is -2.07. The van der Waals surface area contributed by atoms with Gasteiger partial charge < -0.3 is 0 Å². The van der Waals surface area contributed by atoms with Crippen LogP contribution in [-0.4, -0.2) is 0 Å². The van der Waals surface area contributed by atoms with Crippen LogP contribution >= 0.6 is 0 Å². The number of benzene rings is 2. The smallest absolute Gasteiger partial charge is 0.0201 e. The SMILES string of the molecule is CCCCc1ccc([CH]c2ccc(C)cc2C)cc1. The summed E-state index contributed by atoms with van der Waals surface area (Å²) in [4.78, 5) is 0.